The van der Waals surface area contributed by atoms with Gasteiger partial charge in [0.25, 0.3) is 8.32 Å². The molecule has 0 N–H and O–H groups in total. The van der Waals surface area contributed by atoms with Crippen LogP contribution in [0.1, 0.15) is 63.7 Å². The highest BCUT2D eigenvalue weighted by atomic mass is 35.5. The minimum absolute atomic E-state index is 0.0410. The normalized spacial score (nSPS) is 12.4. The van der Waals surface area contributed by atoms with Crippen molar-refractivity contribution in [3.05, 3.63) is 39.1 Å². The molecular weight excluding hydrogens is 479 g/mol. The Morgan fingerprint density at radius 1 is 1.03 bits per heavy atom. The fourth-order valence-corrected chi connectivity index (χ4v) is 11.8. The number of nitrogens with zero attached hydrogens (tertiary/aromatic N) is 2. The molecule has 3 rings (SSSR count). The van der Waals surface area contributed by atoms with Crippen LogP contribution >= 0.6 is 34.5 Å². The highest BCUT2D eigenvalue weighted by molar-refractivity contribution is 7.21. The van der Waals surface area contributed by atoms with Gasteiger partial charge in [-0.2, -0.15) is 0 Å². The average molecular weight is 510 g/mol. The lowest BCUT2D eigenvalue weighted by Gasteiger charge is -2.42. The third kappa shape index (κ3) is 4.11. The lowest BCUT2D eigenvalue weighted by molar-refractivity contribution is 0.102. The molecule has 0 saturated carbocycles. The van der Waals surface area contributed by atoms with Crippen LogP contribution in [0.3, 0.4) is 0 Å². The molecule has 3 aromatic rings. The van der Waals surface area contributed by atoms with Crippen molar-refractivity contribution in [2.24, 2.45) is 0 Å². The van der Waals surface area contributed by atoms with Gasteiger partial charge in [-0.1, -0.05) is 70.8 Å². The quantitative estimate of drug-likeness (QED) is 0.182. The fourth-order valence-electron chi connectivity index (χ4n) is 4.96. The first kappa shape index (κ1) is 25.2. The summed E-state index contributed by atoms with van der Waals surface area (Å²) in [6, 6.07) is 3.92. The first-order valence-electron chi connectivity index (χ1n) is 10.9. The maximum Gasteiger partial charge on any atom is 0.258 e. The molecule has 0 fully saturated rings. The molecule has 0 saturated heterocycles. The van der Waals surface area contributed by atoms with Gasteiger partial charge in [-0.3, -0.25) is 4.79 Å². The van der Waals surface area contributed by atoms with Crippen molar-refractivity contribution in [3.8, 4) is 16.9 Å². The highest BCUT2D eigenvalue weighted by Crippen LogP contribution is 2.48. The Morgan fingerprint density at radius 2 is 1.62 bits per heavy atom. The Hall–Kier alpha value is -1.47. The smallest absolute Gasteiger partial charge is 0.258 e. The zero-order valence-electron chi connectivity index (χ0n) is 19.8. The predicted octanol–water partition coefficient (Wildman–Crippen LogP) is 8.73. The molecule has 0 bridgehead atoms. The second kappa shape index (κ2) is 9.41. The Labute approximate surface area is 205 Å². The van der Waals surface area contributed by atoms with Gasteiger partial charge < -0.3 is 4.43 Å². The molecule has 172 valence electrons. The van der Waals surface area contributed by atoms with E-state index < -0.39 is 8.32 Å². The summed E-state index contributed by atoms with van der Waals surface area (Å²) in [6.07, 6.45) is 1.42. The van der Waals surface area contributed by atoms with E-state index in [0.717, 1.165) is 16.7 Å². The van der Waals surface area contributed by atoms with E-state index in [2.05, 4.69) is 51.5 Å². The second-order valence-electron chi connectivity index (χ2n) is 9.18. The van der Waals surface area contributed by atoms with Crippen LogP contribution in [-0.4, -0.2) is 24.1 Å². The zero-order valence-corrected chi connectivity index (χ0v) is 23.2. The van der Waals surface area contributed by atoms with E-state index in [1.807, 2.05) is 19.1 Å². The molecule has 0 aliphatic heterocycles. The van der Waals surface area contributed by atoms with E-state index in [4.69, 9.17) is 27.6 Å². The number of Topliss-reactive ketones (excluding diaryl/α,β-unsaturated/α-hetero) is 1. The summed E-state index contributed by atoms with van der Waals surface area (Å²) in [6.45, 7) is 17.0. The zero-order chi connectivity index (χ0) is 24.0. The van der Waals surface area contributed by atoms with Crippen LogP contribution in [0.25, 0.3) is 21.3 Å². The van der Waals surface area contributed by atoms with Gasteiger partial charge in [0.05, 0.1) is 15.3 Å². The summed E-state index contributed by atoms with van der Waals surface area (Å²) in [5, 5.41) is 1.59. The molecule has 0 aliphatic carbocycles. The van der Waals surface area contributed by atoms with Crippen molar-refractivity contribution in [2.75, 3.05) is 0 Å². The van der Waals surface area contributed by atoms with Gasteiger partial charge in [-0.25, -0.2) is 9.97 Å². The van der Waals surface area contributed by atoms with Gasteiger partial charge in [-0.05, 0) is 47.7 Å². The van der Waals surface area contributed by atoms with Crippen LogP contribution in [0.5, 0.6) is 5.75 Å². The van der Waals surface area contributed by atoms with Crippen LogP contribution in [-0.2, 0) is 0 Å². The molecular formula is C24H30Cl2N2O2SSi. The van der Waals surface area contributed by atoms with Crippen LogP contribution in [0.4, 0.5) is 0 Å². The van der Waals surface area contributed by atoms with E-state index >= 15 is 0 Å². The largest absolute Gasteiger partial charge is 0.542 e. The fraction of sp³-hybridized carbons (Fsp3) is 0.458. The average Bonchev–Trinajstić information content (AvgIpc) is 3.09. The van der Waals surface area contributed by atoms with Crippen molar-refractivity contribution >= 4 is 58.9 Å². The Morgan fingerprint density at radius 3 is 2.16 bits per heavy atom. The molecule has 8 heteroatoms. The van der Waals surface area contributed by atoms with E-state index in [1.165, 1.54) is 17.7 Å². The van der Waals surface area contributed by atoms with Crippen LogP contribution in [0.2, 0.25) is 26.8 Å². The number of carbonyl (C=O) groups excluding carboxylic acids is 1. The summed E-state index contributed by atoms with van der Waals surface area (Å²) < 4.78 is 6.85. The van der Waals surface area contributed by atoms with Crippen molar-refractivity contribution in [1.29, 1.82) is 0 Å². The third-order valence-electron chi connectivity index (χ3n) is 6.38. The van der Waals surface area contributed by atoms with Gasteiger partial charge >= 0.3 is 0 Å². The summed E-state index contributed by atoms with van der Waals surface area (Å²) in [7, 11) is -2.17. The van der Waals surface area contributed by atoms with E-state index in [9.17, 15) is 4.79 Å². The Bertz CT molecular complexity index is 1150. The number of aromatic nitrogens is 2. The van der Waals surface area contributed by atoms with Gasteiger partial charge in [0.1, 0.15) is 22.1 Å². The predicted molar refractivity (Wildman–Crippen MR) is 139 cm³/mol. The van der Waals surface area contributed by atoms with Gasteiger partial charge in [0, 0.05) is 5.56 Å². The van der Waals surface area contributed by atoms with Gasteiger partial charge in [-0.15, -0.1) is 11.3 Å². The molecule has 0 amide bonds. The molecule has 2 aromatic heterocycles. The molecule has 0 unspecified atom stereocenters. The number of hydrogen-bond donors (Lipinski definition) is 0. The standard InChI is InChI=1S/C24H30Cl2N2O2SSi/c1-12(2)32(13(3)4,14(5)6)30-18-10-9-17(15(7)21(18)25)19-20-23(26)27-11-28-24(20)31-22(19)16(8)29/h9-14H,1-8H3. The number of halogens is 2. The topological polar surface area (TPSA) is 52.1 Å². The van der Waals surface area contributed by atoms with Crippen LogP contribution in [0.15, 0.2) is 18.5 Å². The summed E-state index contributed by atoms with van der Waals surface area (Å²) in [4.78, 5) is 22.2. The summed E-state index contributed by atoms with van der Waals surface area (Å²) >= 11 is 14.7. The molecule has 2 heterocycles. The number of carbonyl (C=O) groups is 1. The maximum atomic E-state index is 12.5. The van der Waals surface area contributed by atoms with Crippen LogP contribution < -0.4 is 4.43 Å². The molecule has 0 radical (unpaired) electrons. The van der Waals surface area contributed by atoms with Crippen molar-refractivity contribution in [1.82, 2.24) is 9.97 Å². The number of hydrogen-bond acceptors (Lipinski definition) is 5. The first-order valence-corrected chi connectivity index (χ1v) is 14.6. The lowest BCUT2D eigenvalue weighted by atomic mass is 9.97. The molecule has 4 nitrogen and oxygen atoms in total. The second-order valence-corrected chi connectivity index (χ2v) is 16.3. The van der Waals surface area contributed by atoms with Gasteiger partial charge in [0.15, 0.2) is 5.78 Å². The van der Waals surface area contributed by atoms with Crippen LogP contribution in [0, 0.1) is 6.92 Å². The Kier molecular flexibility index (Phi) is 7.40. The SMILES string of the molecule is CC(=O)c1sc2ncnc(Cl)c2c1-c1ccc(O[Si](C(C)C)(C(C)C)C(C)C)c(Cl)c1C. The Balaban J connectivity index is 2.22. The monoisotopic (exact) mass is 508 g/mol. The minimum Gasteiger partial charge on any atom is -0.542 e. The number of ketones is 1. The van der Waals surface area contributed by atoms with Crippen molar-refractivity contribution in [2.45, 2.75) is 72.0 Å². The van der Waals surface area contributed by atoms with E-state index in [-0.39, 0.29) is 5.78 Å². The number of benzene rings is 1. The highest BCUT2D eigenvalue weighted by Gasteiger charge is 2.47. The molecule has 0 spiro atoms. The molecule has 0 aliphatic rings. The van der Waals surface area contributed by atoms with Crippen molar-refractivity contribution in [3.63, 3.8) is 0 Å². The maximum absolute atomic E-state index is 12.5. The molecule has 32 heavy (non-hydrogen) atoms. The third-order valence-corrected chi connectivity index (χ3v) is 14.3. The number of rotatable bonds is 7. The lowest BCUT2D eigenvalue weighted by Crippen LogP contribution is -2.50. The van der Waals surface area contributed by atoms with E-state index in [0.29, 0.717) is 47.6 Å². The summed E-state index contributed by atoms with van der Waals surface area (Å²) in [5.74, 6) is 0.669. The molecule has 1 aromatic carbocycles. The number of fused-ring (bicyclic) bond motifs is 1. The van der Waals surface area contributed by atoms with Gasteiger partial charge in [0.2, 0.25) is 0 Å². The number of thiophene rings is 1. The molecule has 0 atom stereocenters. The summed E-state index contributed by atoms with van der Waals surface area (Å²) in [5.41, 5.74) is 3.74. The van der Waals surface area contributed by atoms with Crippen molar-refractivity contribution < 1.29 is 9.22 Å². The van der Waals surface area contributed by atoms with E-state index in [1.54, 1.807) is 6.92 Å². The first-order chi connectivity index (χ1) is 14.9. The minimum atomic E-state index is -2.17.